The Bertz CT molecular complexity index is 1000. The van der Waals surface area contributed by atoms with Crippen LogP contribution in [0, 0.1) is 0 Å². The van der Waals surface area contributed by atoms with Crippen LogP contribution in [-0.4, -0.2) is 11.6 Å². The number of rotatable bonds is 4. The van der Waals surface area contributed by atoms with Gasteiger partial charge >= 0.3 is 0 Å². The zero-order chi connectivity index (χ0) is 17.2. The Morgan fingerprint density at radius 1 is 0.880 bits per heavy atom. The number of oxazole rings is 1. The molecule has 3 nitrogen and oxygen atoms in total. The van der Waals surface area contributed by atoms with E-state index in [1.807, 2.05) is 37.3 Å². The number of nitrogens with zero attached hydrogens (tertiary/aromatic N) is 1. The molecule has 4 heteroatoms. The third-order valence-electron chi connectivity index (χ3n) is 3.98. The summed E-state index contributed by atoms with van der Waals surface area (Å²) in [5.41, 5.74) is 4.69. The van der Waals surface area contributed by atoms with Crippen molar-refractivity contribution < 1.29 is 9.15 Å². The molecule has 0 aliphatic heterocycles. The summed E-state index contributed by atoms with van der Waals surface area (Å²) in [7, 11) is 0. The molecule has 3 aromatic carbocycles. The summed E-state index contributed by atoms with van der Waals surface area (Å²) < 4.78 is 11.3. The molecule has 0 fully saturated rings. The Morgan fingerprint density at radius 2 is 1.52 bits per heavy atom. The first-order valence-corrected chi connectivity index (χ1v) is 8.50. The van der Waals surface area contributed by atoms with Crippen LogP contribution in [-0.2, 0) is 0 Å². The van der Waals surface area contributed by atoms with Gasteiger partial charge in [-0.05, 0) is 60.5 Å². The first kappa shape index (κ1) is 15.7. The number of hydrogen-bond donors (Lipinski definition) is 0. The number of fused-ring (bicyclic) bond motifs is 1. The SMILES string of the molecule is CCOc1ccc(-c2ccc(-c3nc4cc(Cl)ccc4o3)cc2)cc1. The minimum absolute atomic E-state index is 0.593. The second-order valence-electron chi connectivity index (χ2n) is 5.67. The van der Waals surface area contributed by atoms with E-state index in [4.69, 9.17) is 20.8 Å². The van der Waals surface area contributed by atoms with E-state index in [1.54, 1.807) is 12.1 Å². The second kappa shape index (κ2) is 6.61. The molecule has 4 aromatic rings. The summed E-state index contributed by atoms with van der Waals surface area (Å²) >= 11 is 6.00. The molecule has 0 unspecified atom stereocenters. The van der Waals surface area contributed by atoms with Crippen molar-refractivity contribution in [3.8, 4) is 28.3 Å². The van der Waals surface area contributed by atoms with Crippen LogP contribution in [0.2, 0.25) is 5.02 Å². The molecule has 0 aliphatic rings. The highest BCUT2D eigenvalue weighted by atomic mass is 35.5. The Kier molecular flexibility index (Phi) is 4.16. The topological polar surface area (TPSA) is 35.3 Å². The lowest BCUT2D eigenvalue weighted by atomic mass is 10.0. The first-order valence-electron chi connectivity index (χ1n) is 8.13. The average Bonchev–Trinajstić information content (AvgIpc) is 3.06. The maximum atomic E-state index is 6.00. The highest BCUT2D eigenvalue weighted by molar-refractivity contribution is 6.31. The highest BCUT2D eigenvalue weighted by Crippen LogP contribution is 2.29. The van der Waals surface area contributed by atoms with Crippen LogP contribution < -0.4 is 4.74 Å². The van der Waals surface area contributed by atoms with Crippen molar-refractivity contribution >= 4 is 22.7 Å². The molecule has 0 amide bonds. The molecule has 0 N–H and O–H groups in total. The molecule has 0 radical (unpaired) electrons. The van der Waals surface area contributed by atoms with Crippen molar-refractivity contribution in [1.29, 1.82) is 0 Å². The van der Waals surface area contributed by atoms with Crippen molar-refractivity contribution in [2.45, 2.75) is 6.92 Å². The fourth-order valence-electron chi connectivity index (χ4n) is 2.74. The normalized spacial score (nSPS) is 11.0. The minimum Gasteiger partial charge on any atom is -0.494 e. The lowest BCUT2D eigenvalue weighted by molar-refractivity contribution is 0.340. The molecule has 0 bridgehead atoms. The Hall–Kier alpha value is -2.78. The molecule has 1 heterocycles. The molecule has 124 valence electrons. The highest BCUT2D eigenvalue weighted by Gasteiger charge is 2.09. The van der Waals surface area contributed by atoms with Crippen LogP contribution in [0.15, 0.2) is 71.1 Å². The fourth-order valence-corrected chi connectivity index (χ4v) is 2.91. The summed E-state index contributed by atoms with van der Waals surface area (Å²) in [6, 6.07) is 21.7. The van der Waals surface area contributed by atoms with Crippen molar-refractivity contribution in [3.05, 3.63) is 71.8 Å². The van der Waals surface area contributed by atoms with Gasteiger partial charge in [0.2, 0.25) is 5.89 Å². The number of benzene rings is 3. The standard InChI is InChI=1S/C21H16ClNO2/c1-2-24-18-10-7-15(8-11-18)14-3-5-16(6-4-14)21-23-19-13-17(22)9-12-20(19)25-21/h3-13H,2H2,1H3. The quantitative estimate of drug-likeness (QED) is 0.439. The van der Waals surface area contributed by atoms with Crippen LogP contribution in [0.3, 0.4) is 0 Å². The van der Waals surface area contributed by atoms with Crippen molar-refractivity contribution in [2.24, 2.45) is 0 Å². The van der Waals surface area contributed by atoms with Crippen molar-refractivity contribution in [1.82, 2.24) is 4.98 Å². The van der Waals surface area contributed by atoms with E-state index in [-0.39, 0.29) is 0 Å². The van der Waals surface area contributed by atoms with Gasteiger partial charge in [0, 0.05) is 10.6 Å². The summed E-state index contributed by atoms with van der Waals surface area (Å²) in [4.78, 5) is 4.51. The van der Waals surface area contributed by atoms with E-state index >= 15 is 0 Å². The molecule has 1 aromatic heterocycles. The van der Waals surface area contributed by atoms with Gasteiger partial charge in [0.05, 0.1) is 6.61 Å². The van der Waals surface area contributed by atoms with E-state index in [0.29, 0.717) is 17.5 Å². The van der Waals surface area contributed by atoms with E-state index in [1.165, 1.54) is 0 Å². The zero-order valence-electron chi connectivity index (χ0n) is 13.7. The number of ether oxygens (including phenoxy) is 1. The van der Waals surface area contributed by atoms with E-state index in [9.17, 15) is 0 Å². The number of halogens is 1. The number of hydrogen-bond acceptors (Lipinski definition) is 3. The van der Waals surface area contributed by atoms with Gasteiger partial charge in [0.1, 0.15) is 11.3 Å². The van der Waals surface area contributed by atoms with Gasteiger partial charge in [-0.15, -0.1) is 0 Å². The van der Waals surface area contributed by atoms with Crippen molar-refractivity contribution in [3.63, 3.8) is 0 Å². The lowest BCUT2D eigenvalue weighted by Gasteiger charge is -2.05. The molecular weight excluding hydrogens is 334 g/mol. The molecule has 25 heavy (non-hydrogen) atoms. The maximum absolute atomic E-state index is 6.00. The lowest BCUT2D eigenvalue weighted by Crippen LogP contribution is -1.90. The van der Waals surface area contributed by atoms with Crippen LogP contribution in [0.5, 0.6) is 5.75 Å². The van der Waals surface area contributed by atoms with E-state index in [0.717, 1.165) is 33.5 Å². The van der Waals surface area contributed by atoms with E-state index in [2.05, 4.69) is 29.2 Å². The van der Waals surface area contributed by atoms with Gasteiger partial charge in [0.15, 0.2) is 5.58 Å². The third kappa shape index (κ3) is 3.24. The fraction of sp³-hybridized carbons (Fsp3) is 0.0952. The number of aromatic nitrogens is 1. The molecule has 0 saturated carbocycles. The molecule has 0 spiro atoms. The molecule has 0 aliphatic carbocycles. The van der Waals surface area contributed by atoms with Gasteiger partial charge in [-0.1, -0.05) is 35.9 Å². The summed E-state index contributed by atoms with van der Waals surface area (Å²) in [6.45, 7) is 2.65. The summed E-state index contributed by atoms with van der Waals surface area (Å²) in [5, 5.41) is 0.651. The Labute approximate surface area is 150 Å². The van der Waals surface area contributed by atoms with Gasteiger partial charge in [-0.25, -0.2) is 4.98 Å². The molecule has 0 atom stereocenters. The van der Waals surface area contributed by atoms with Gasteiger partial charge in [-0.3, -0.25) is 0 Å². The molecule has 0 saturated heterocycles. The zero-order valence-corrected chi connectivity index (χ0v) is 14.5. The van der Waals surface area contributed by atoms with Crippen LogP contribution in [0.4, 0.5) is 0 Å². The van der Waals surface area contributed by atoms with E-state index < -0.39 is 0 Å². The largest absolute Gasteiger partial charge is 0.494 e. The van der Waals surface area contributed by atoms with Gasteiger partial charge in [0.25, 0.3) is 0 Å². The second-order valence-corrected chi connectivity index (χ2v) is 6.10. The molecule has 4 rings (SSSR count). The van der Waals surface area contributed by atoms with Crippen LogP contribution >= 0.6 is 11.6 Å². The smallest absolute Gasteiger partial charge is 0.227 e. The Balaban J connectivity index is 1.62. The third-order valence-corrected chi connectivity index (χ3v) is 4.22. The first-order chi connectivity index (χ1) is 12.2. The molecular formula is C21H16ClNO2. The van der Waals surface area contributed by atoms with Crippen LogP contribution in [0.1, 0.15) is 6.92 Å². The monoisotopic (exact) mass is 349 g/mol. The summed E-state index contributed by atoms with van der Waals surface area (Å²) in [5.74, 6) is 1.48. The average molecular weight is 350 g/mol. The van der Waals surface area contributed by atoms with Crippen LogP contribution in [0.25, 0.3) is 33.7 Å². The Morgan fingerprint density at radius 3 is 2.20 bits per heavy atom. The summed E-state index contributed by atoms with van der Waals surface area (Å²) in [6.07, 6.45) is 0. The van der Waals surface area contributed by atoms with Crippen molar-refractivity contribution in [2.75, 3.05) is 6.61 Å². The minimum atomic E-state index is 0.593. The van der Waals surface area contributed by atoms with Gasteiger partial charge in [-0.2, -0.15) is 0 Å². The maximum Gasteiger partial charge on any atom is 0.227 e. The van der Waals surface area contributed by atoms with Gasteiger partial charge < -0.3 is 9.15 Å². The predicted octanol–water partition coefficient (Wildman–Crippen LogP) is 6.21. The predicted molar refractivity (Wildman–Crippen MR) is 101 cm³/mol.